The van der Waals surface area contributed by atoms with Gasteiger partial charge in [0, 0.05) is 11.5 Å². The highest BCUT2D eigenvalue weighted by Crippen LogP contribution is 2.43. The van der Waals surface area contributed by atoms with E-state index in [-0.39, 0.29) is 29.6 Å². The van der Waals surface area contributed by atoms with E-state index in [9.17, 15) is 4.79 Å². The van der Waals surface area contributed by atoms with Crippen LogP contribution in [0, 0.1) is 5.41 Å². The number of hydrogen-bond donors (Lipinski definition) is 1. The fourth-order valence-electron chi connectivity index (χ4n) is 2.38. The molecule has 1 saturated carbocycles. The third kappa shape index (κ3) is 2.87. The Morgan fingerprint density at radius 1 is 1.58 bits per heavy atom. The molecule has 0 unspecified atom stereocenters. The summed E-state index contributed by atoms with van der Waals surface area (Å²) in [6.45, 7) is 8.31. The Morgan fingerprint density at radius 3 is 2.74 bits per heavy atom. The van der Waals surface area contributed by atoms with E-state index in [0.717, 1.165) is 6.42 Å². The van der Waals surface area contributed by atoms with Crippen molar-refractivity contribution in [3.8, 4) is 0 Å². The lowest BCUT2D eigenvalue weighted by Crippen LogP contribution is -2.62. The summed E-state index contributed by atoms with van der Waals surface area (Å²) in [5.74, 6) is -0.110. The molecule has 1 N–H and O–H groups in total. The maximum atomic E-state index is 12.1. The number of amides is 1. The summed E-state index contributed by atoms with van der Waals surface area (Å²) in [6, 6.07) is 1.79. The lowest BCUT2D eigenvalue weighted by atomic mass is 9.64. The third-order valence-electron chi connectivity index (χ3n) is 3.78. The van der Waals surface area contributed by atoms with Crippen LogP contribution in [0.1, 0.15) is 44.5 Å². The van der Waals surface area contributed by atoms with E-state index in [4.69, 9.17) is 9.15 Å². The quantitative estimate of drug-likeness (QED) is 0.921. The summed E-state index contributed by atoms with van der Waals surface area (Å²) < 4.78 is 11.4. The van der Waals surface area contributed by atoms with Crippen LogP contribution in [0.4, 0.5) is 0 Å². The second-order valence-electron chi connectivity index (χ2n) is 5.86. The maximum absolute atomic E-state index is 12.1. The molecule has 2 atom stereocenters. The molecular formula is C14H20BrNO3. The predicted molar refractivity (Wildman–Crippen MR) is 76.1 cm³/mol. The van der Waals surface area contributed by atoms with E-state index in [0.29, 0.717) is 10.2 Å². The highest BCUT2D eigenvalue weighted by Gasteiger charge is 2.50. The molecule has 0 spiro atoms. The molecule has 1 aromatic heterocycles. The number of rotatable bonds is 4. The van der Waals surface area contributed by atoms with E-state index >= 15 is 0 Å². The highest BCUT2D eigenvalue weighted by molar-refractivity contribution is 9.10. The normalized spacial score (nSPS) is 25.2. The van der Waals surface area contributed by atoms with Gasteiger partial charge in [0.2, 0.25) is 0 Å². The van der Waals surface area contributed by atoms with Gasteiger partial charge in [-0.1, -0.05) is 13.8 Å². The molecule has 0 saturated heterocycles. The number of hydrogen-bond acceptors (Lipinski definition) is 3. The minimum atomic E-state index is -0.110. The largest absolute Gasteiger partial charge is 0.457 e. The Hall–Kier alpha value is -0.810. The minimum Gasteiger partial charge on any atom is -0.457 e. The van der Waals surface area contributed by atoms with Gasteiger partial charge in [-0.2, -0.15) is 0 Å². The first-order chi connectivity index (χ1) is 8.82. The number of furan rings is 1. The van der Waals surface area contributed by atoms with Gasteiger partial charge < -0.3 is 14.5 Å². The Morgan fingerprint density at radius 2 is 2.26 bits per heavy atom. The van der Waals surface area contributed by atoms with Crippen molar-refractivity contribution < 1.29 is 13.9 Å². The first-order valence-electron chi connectivity index (χ1n) is 6.51. The van der Waals surface area contributed by atoms with Gasteiger partial charge in [0.25, 0.3) is 5.91 Å². The van der Waals surface area contributed by atoms with E-state index in [1.807, 2.05) is 13.8 Å². The van der Waals surface area contributed by atoms with Crippen molar-refractivity contribution in [1.82, 2.24) is 5.32 Å². The van der Waals surface area contributed by atoms with Crippen molar-refractivity contribution in [2.24, 2.45) is 5.41 Å². The molecule has 0 aliphatic heterocycles. The summed E-state index contributed by atoms with van der Waals surface area (Å²) >= 11 is 3.22. The molecule has 0 aromatic carbocycles. The summed E-state index contributed by atoms with van der Waals surface area (Å²) in [6.07, 6.45) is 2.76. The molecule has 19 heavy (non-hydrogen) atoms. The zero-order chi connectivity index (χ0) is 14.2. The molecule has 1 aliphatic carbocycles. The first kappa shape index (κ1) is 14.6. The van der Waals surface area contributed by atoms with Crippen molar-refractivity contribution in [2.75, 3.05) is 0 Å². The molecular weight excluding hydrogens is 310 g/mol. The molecule has 1 aliphatic rings. The summed E-state index contributed by atoms with van der Waals surface area (Å²) in [4.78, 5) is 12.1. The van der Waals surface area contributed by atoms with Crippen LogP contribution in [0.15, 0.2) is 21.4 Å². The zero-order valence-electron chi connectivity index (χ0n) is 11.7. The molecule has 1 heterocycles. The van der Waals surface area contributed by atoms with Crippen LogP contribution in [0.5, 0.6) is 0 Å². The molecule has 4 nitrogen and oxygen atoms in total. The summed E-state index contributed by atoms with van der Waals surface area (Å²) in [5, 5.41) is 3.04. The number of halogens is 1. The van der Waals surface area contributed by atoms with Crippen LogP contribution in [-0.2, 0) is 4.74 Å². The van der Waals surface area contributed by atoms with Crippen LogP contribution in [0.3, 0.4) is 0 Å². The Bertz CT molecular complexity index is 467. The van der Waals surface area contributed by atoms with Gasteiger partial charge in [-0.05, 0) is 42.3 Å². The number of carbonyl (C=O) groups excluding carboxylic acids is 1. The van der Waals surface area contributed by atoms with Crippen LogP contribution in [-0.4, -0.2) is 24.2 Å². The third-order valence-corrected chi connectivity index (χ3v) is 4.40. The fourth-order valence-corrected chi connectivity index (χ4v) is 2.80. The van der Waals surface area contributed by atoms with E-state index in [1.54, 1.807) is 6.07 Å². The van der Waals surface area contributed by atoms with Crippen molar-refractivity contribution in [1.29, 1.82) is 0 Å². The molecule has 1 amide bonds. The Kier molecular flexibility index (Phi) is 4.06. The number of nitrogens with one attached hydrogen (secondary N) is 1. The number of carbonyl (C=O) groups is 1. The standard InChI is InChI=1S/C14H20BrNO3/c1-8(2)19-11-7-10(14(11,3)4)16-13(17)9-5-6-18-12(9)15/h5-6,8,10-11H,7H2,1-4H3,(H,16,17)/t10-,11-/m1/s1. The minimum absolute atomic E-state index is 0.0455. The Balaban J connectivity index is 1.95. The van der Waals surface area contributed by atoms with Crippen LogP contribution in [0.25, 0.3) is 0 Å². The number of ether oxygens (including phenoxy) is 1. The summed E-state index contributed by atoms with van der Waals surface area (Å²) in [5.41, 5.74) is 0.486. The van der Waals surface area contributed by atoms with Gasteiger partial charge in [-0.3, -0.25) is 4.79 Å². The topological polar surface area (TPSA) is 51.5 Å². The second-order valence-corrected chi connectivity index (χ2v) is 6.58. The van der Waals surface area contributed by atoms with Crippen LogP contribution >= 0.6 is 15.9 Å². The smallest absolute Gasteiger partial charge is 0.255 e. The fraction of sp³-hybridized carbons (Fsp3) is 0.643. The molecule has 0 radical (unpaired) electrons. The van der Waals surface area contributed by atoms with Crippen LogP contribution in [0.2, 0.25) is 0 Å². The van der Waals surface area contributed by atoms with Crippen LogP contribution < -0.4 is 5.32 Å². The van der Waals surface area contributed by atoms with Crippen molar-refractivity contribution >= 4 is 21.8 Å². The van der Waals surface area contributed by atoms with Gasteiger partial charge in [-0.15, -0.1) is 0 Å². The Labute approximate surface area is 122 Å². The zero-order valence-corrected chi connectivity index (χ0v) is 13.3. The maximum Gasteiger partial charge on any atom is 0.255 e. The summed E-state index contributed by atoms with van der Waals surface area (Å²) in [7, 11) is 0. The van der Waals surface area contributed by atoms with E-state index in [2.05, 4.69) is 35.1 Å². The van der Waals surface area contributed by atoms with E-state index in [1.165, 1.54) is 6.26 Å². The van der Waals surface area contributed by atoms with Gasteiger partial charge >= 0.3 is 0 Å². The van der Waals surface area contributed by atoms with Gasteiger partial charge in [0.15, 0.2) is 4.67 Å². The first-order valence-corrected chi connectivity index (χ1v) is 7.31. The lowest BCUT2D eigenvalue weighted by Gasteiger charge is -2.52. The molecule has 2 rings (SSSR count). The van der Waals surface area contributed by atoms with Crippen molar-refractivity contribution in [3.05, 3.63) is 22.6 Å². The molecule has 0 bridgehead atoms. The predicted octanol–water partition coefficient (Wildman–Crippen LogP) is 3.36. The van der Waals surface area contributed by atoms with E-state index < -0.39 is 0 Å². The average molecular weight is 330 g/mol. The van der Waals surface area contributed by atoms with Gasteiger partial charge in [0.1, 0.15) is 0 Å². The SMILES string of the molecule is CC(C)O[C@@H]1C[C@@H](NC(=O)c2ccoc2Br)C1(C)C. The average Bonchev–Trinajstić information content (AvgIpc) is 2.73. The highest BCUT2D eigenvalue weighted by atomic mass is 79.9. The molecule has 5 heteroatoms. The second kappa shape index (κ2) is 5.29. The monoisotopic (exact) mass is 329 g/mol. The van der Waals surface area contributed by atoms with Gasteiger partial charge in [-0.25, -0.2) is 0 Å². The van der Waals surface area contributed by atoms with Crippen molar-refractivity contribution in [3.63, 3.8) is 0 Å². The molecule has 106 valence electrons. The molecule has 1 fully saturated rings. The lowest BCUT2D eigenvalue weighted by molar-refractivity contribution is -0.136. The van der Waals surface area contributed by atoms with Crippen molar-refractivity contribution in [2.45, 2.75) is 52.4 Å². The molecule has 1 aromatic rings. The van der Waals surface area contributed by atoms with Gasteiger partial charge in [0.05, 0.1) is 24.0 Å².